The number of nitrogens with zero attached hydrogens (tertiary/aromatic N) is 8. The van der Waals surface area contributed by atoms with Gasteiger partial charge in [0.1, 0.15) is 23.0 Å². The van der Waals surface area contributed by atoms with Crippen LogP contribution in [0.25, 0.3) is 43.6 Å². The molecule has 0 aliphatic carbocycles. The number of carbonyl (C=O) groups excluding carboxylic acids is 4. The molecule has 4 heterocycles. The van der Waals surface area contributed by atoms with Crippen molar-refractivity contribution in [3.05, 3.63) is 231 Å². The Hall–Kier alpha value is -7.84. The molecule has 0 fully saturated rings. The lowest BCUT2D eigenvalue weighted by atomic mass is 10.0. The summed E-state index contributed by atoms with van der Waals surface area (Å²) < 4.78 is 32.2. The number of aryl methyl sites for hydroxylation is 4. The van der Waals surface area contributed by atoms with Gasteiger partial charge in [-0.1, -0.05) is 72.8 Å². The van der Waals surface area contributed by atoms with Crippen molar-refractivity contribution in [2.45, 2.75) is 96.5 Å². The summed E-state index contributed by atoms with van der Waals surface area (Å²) in [5.74, 6) is 1.65. The van der Waals surface area contributed by atoms with Gasteiger partial charge in [0.25, 0.3) is 0 Å². The van der Waals surface area contributed by atoms with E-state index in [9.17, 15) is 39.6 Å². The van der Waals surface area contributed by atoms with Gasteiger partial charge < -0.3 is 77.2 Å². The van der Waals surface area contributed by atoms with Crippen LogP contribution in [0.5, 0.6) is 23.0 Å². The maximum Gasteiger partial charge on any atom is 0.340 e. The number of ether oxygens (including phenoxy) is 4. The second-order valence-corrected chi connectivity index (χ2v) is 35.7. The van der Waals surface area contributed by atoms with E-state index < -0.39 is 0 Å². The molecule has 0 unspecified atom stereocenters. The molecule has 4 aromatic heterocycles. The molecular formula is C88H100Br4N8O12S4. The Kier molecular flexibility index (Phi) is 33.9. The molecule has 0 saturated carbocycles. The van der Waals surface area contributed by atoms with E-state index in [2.05, 4.69) is 112 Å². The molecule has 20 nitrogen and oxygen atoms in total. The van der Waals surface area contributed by atoms with Crippen LogP contribution in [-0.2, 0) is 96.3 Å². The maximum absolute atomic E-state index is 13.0. The summed E-state index contributed by atoms with van der Waals surface area (Å²) in [4.78, 5) is 64.4. The Morgan fingerprint density at radius 3 is 0.647 bits per heavy atom. The zero-order valence-electron chi connectivity index (χ0n) is 68.1. The van der Waals surface area contributed by atoms with Crippen LogP contribution in [0.15, 0.2) is 183 Å². The lowest BCUT2D eigenvalue weighted by molar-refractivity contribution is 0.0517. The largest absolute Gasteiger partial charge is 0.506 e. The Morgan fingerprint density at radius 1 is 0.319 bits per heavy atom. The minimum Gasteiger partial charge on any atom is -0.506 e. The third-order valence-electron chi connectivity index (χ3n) is 18.8. The predicted molar refractivity (Wildman–Crippen MR) is 487 cm³/mol. The van der Waals surface area contributed by atoms with Crippen LogP contribution >= 0.6 is 111 Å². The highest BCUT2D eigenvalue weighted by molar-refractivity contribution is 9.11. The van der Waals surface area contributed by atoms with Gasteiger partial charge in [-0.3, -0.25) is 0 Å². The van der Waals surface area contributed by atoms with Crippen molar-refractivity contribution in [2.75, 3.05) is 82.8 Å². The van der Waals surface area contributed by atoms with E-state index in [0.29, 0.717) is 138 Å². The number of aromatic hydroxyl groups is 4. The second kappa shape index (κ2) is 42.7. The molecule has 0 spiro atoms. The number of aromatic nitrogens is 4. The molecule has 116 heavy (non-hydrogen) atoms. The number of phenols is 4. The van der Waals surface area contributed by atoms with E-state index in [-0.39, 0.29) is 46.9 Å². The van der Waals surface area contributed by atoms with Crippen molar-refractivity contribution in [1.29, 1.82) is 0 Å². The topological polar surface area (TPSA) is 219 Å². The van der Waals surface area contributed by atoms with Gasteiger partial charge in [-0.2, -0.15) is 0 Å². The van der Waals surface area contributed by atoms with Gasteiger partial charge >= 0.3 is 23.9 Å². The molecule has 0 amide bonds. The molecular weight excluding hydrogens is 1810 g/mol. The molecule has 12 aromatic rings. The van der Waals surface area contributed by atoms with E-state index in [4.69, 9.17) is 18.9 Å². The van der Waals surface area contributed by atoms with Gasteiger partial charge in [-0.05, 0) is 221 Å². The smallest absolute Gasteiger partial charge is 0.340 e. The summed E-state index contributed by atoms with van der Waals surface area (Å²) in [6, 6.07) is 47.8. The van der Waals surface area contributed by atoms with Crippen LogP contribution in [0.1, 0.15) is 114 Å². The highest BCUT2D eigenvalue weighted by Gasteiger charge is 2.33. The standard InChI is InChI=1S/4C22H25BrN2O3S/c4*1-5-28-22(27)20-18(13-29-14-9-7-6-8-10-14)25(4)17-11-16(23)21(26)15(19(17)20)12-24(2)3/h4*6-11,26H,5,12-13H2,1-4H3. The number of rotatable bonds is 28. The Balaban J connectivity index is 0.000000177. The third-order valence-corrected chi connectivity index (χ3v) is 25.4. The third kappa shape index (κ3) is 21.8. The van der Waals surface area contributed by atoms with E-state index in [1.807, 2.05) is 220 Å². The lowest BCUT2D eigenvalue weighted by Gasteiger charge is -2.15. The highest BCUT2D eigenvalue weighted by atomic mass is 79.9. The Bertz CT molecular complexity index is 4800. The van der Waals surface area contributed by atoms with Gasteiger partial charge in [-0.25, -0.2) is 19.2 Å². The normalized spacial score (nSPS) is 11.4. The number of benzene rings is 8. The number of hydrogen-bond acceptors (Lipinski definition) is 20. The monoisotopic (exact) mass is 1900 g/mol. The second-order valence-electron chi connectivity index (χ2n) is 28.1. The molecule has 616 valence electrons. The van der Waals surface area contributed by atoms with Crippen LogP contribution in [0, 0.1) is 0 Å². The summed E-state index contributed by atoms with van der Waals surface area (Å²) in [6.45, 7) is 10.4. The Labute approximate surface area is 729 Å². The van der Waals surface area contributed by atoms with Crippen LogP contribution in [0.2, 0.25) is 0 Å². The van der Waals surface area contributed by atoms with Crippen molar-refractivity contribution in [3.8, 4) is 23.0 Å². The summed E-state index contributed by atoms with van der Waals surface area (Å²) >= 11 is 20.5. The summed E-state index contributed by atoms with van der Waals surface area (Å²) in [5, 5.41) is 46.0. The minimum absolute atomic E-state index is 0.157. The maximum atomic E-state index is 13.0. The molecule has 4 N–H and O–H groups in total. The van der Waals surface area contributed by atoms with Gasteiger partial charge in [-0.15, -0.1) is 47.0 Å². The first-order chi connectivity index (χ1) is 55.4. The average molecular weight is 1910 g/mol. The number of halogens is 4. The van der Waals surface area contributed by atoms with E-state index in [1.165, 1.54) is 0 Å². The van der Waals surface area contributed by atoms with Crippen LogP contribution in [0.4, 0.5) is 0 Å². The molecule has 0 saturated heterocycles. The zero-order valence-corrected chi connectivity index (χ0v) is 77.7. The highest BCUT2D eigenvalue weighted by Crippen LogP contribution is 2.46. The van der Waals surface area contributed by atoms with Gasteiger partial charge in [0.05, 0.1) is 88.6 Å². The first-order valence-corrected chi connectivity index (χ1v) is 44.6. The number of esters is 4. The number of thioether (sulfide) groups is 4. The molecule has 0 aliphatic heterocycles. The minimum atomic E-state index is -0.358. The van der Waals surface area contributed by atoms with E-state index >= 15 is 0 Å². The van der Waals surface area contributed by atoms with Crippen LogP contribution in [-0.4, -0.2) is 165 Å². The molecule has 12 rings (SSSR count). The van der Waals surface area contributed by atoms with Gasteiger partial charge in [0, 0.05) is 164 Å². The van der Waals surface area contributed by atoms with Crippen molar-refractivity contribution < 1.29 is 58.6 Å². The molecule has 8 aromatic carbocycles. The molecule has 0 aliphatic rings. The quantitative estimate of drug-likeness (QED) is 0.0203. The zero-order chi connectivity index (χ0) is 84.5. The van der Waals surface area contributed by atoms with Crippen molar-refractivity contribution in [3.63, 3.8) is 0 Å². The van der Waals surface area contributed by atoms with Gasteiger partial charge in [0.15, 0.2) is 0 Å². The number of fused-ring (bicyclic) bond motifs is 4. The fourth-order valence-electron chi connectivity index (χ4n) is 13.6. The predicted octanol–water partition coefficient (Wildman–Crippen LogP) is 20.7. The molecule has 0 atom stereocenters. The number of hydrogen-bond donors (Lipinski definition) is 4. The molecule has 28 heteroatoms. The van der Waals surface area contributed by atoms with Gasteiger partial charge in [0.2, 0.25) is 0 Å². The SMILES string of the molecule is CCOC(=O)c1c(CSc2ccccc2)n(C)c2cc(Br)c(O)c(CN(C)C)c12.CCOC(=O)c1c(CSc2ccccc2)n(C)c2cc(Br)c(O)c(CN(C)C)c12.CCOC(=O)c1c(CSc2ccccc2)n(C)c2cc(Br)c(O)c(CN(C)C)c12.CCOC(=O)c1c(CSc2ccccc2)n(C)c2cc(Br)c(O)c(CN(C)C)c12. The first kappa shape index (κ1) is 92.0. The summed E-state index contributed by atoms with van der Waals surface area (Å²) in [5.41, 5.74) is 12.1. The first-order valence-electron chi connectivity index (χ1n) is 37.4. The number of phenolic OH excluding ortho intramolecular Hbond substituents is 4. The molecule has 0 radical (unpaired) electrons. The van der Waals surface area contributed by atoms with Crippen LogP contribution < -0.4 is 0 Å². The summed E-state index contributed by atoms with van der Waals surface area (Å²) in [7, 11) is 23.3. The van der Waals surface area contributed by atoms with E-state index in [1.54, 1.807) is 74.7 Å². The lowest BCUT2D eigenvalue weighted by Crippen LogP contribution is -2.13. The average Bonchev–Trinajstić information content (AvgIpc) is 1.61. The van der Waals surface area contributed by atoms with Crippen LogP contribution in [0.3, 0.4) is 0 Å². The van der Waals surface area contributed by atoms with Crippen molar-refractivity contribution in [1.82, 2.24) is 37.9 Å². The molecule has 0 bridgehead atoms. The Morgan fingerprint density at radius 2 is 0.491 bits per heavy atom. The fraction of sp³-hybridized carbons (Fsp3) is 0.318. The summed E-state index contributed by atoms with van der Waals surface area (Å²) in [6.07, 6.45) is 0. The van der Waals surface area contributed by atoms with Crippen molar-refractivity contribution >= 4 is 178 Å². The van der Waals surface area contributed by atoms with Crippen molar-refractivity contribution in [2.24, 2.45) is 28.2 Å². The number of carbonyl (C=O) groups is 4. The van der Waals surface area contributed by atoms with E-state index in [0.717, 1.165) is 86.0 Å². The fourth-order valence-corrected chi connectivity index (χ4v) is 19.4.